The van der Waals surface area contributed by atoms with Crippen molar-refractivity contribution < 1.29 is 144 Å². The molecule has 6 rings (SSSR count). The first-order valence-corrected chi connectivity index (χ1v) is 36.1. The Bertz CT molecular complexity index is 4170. The average Bonchev–Trinajstić information content (AvgIpc) is 1.07. The number of rotatable bonds is 39. The number of aliphatic carboxylic acids is 2. The summed E-state index contributed by atoms with van der Waals surface area (Å²) in [6.07, 6.45) is -18.9. The zero-order valence-corrected chi connectivity index (χ0v) is 56.6. The topological polar surface area (TPSA) is 701 Å². The number of nitrogens with zero attached hydrogens (tertiary/aromatic N) is 5. The van der Waals surface area contributed by atoms with Gasteiger partial charge in [0.1, 0.15) is 72.4 Å². The lowest BCUT2D eigenvalue weighted by atomic mass is 9.87. The predicted molar refractivity (Wildman–Crippen MR) is 335 cm³/mol. The molecular weight excluding hydrogens is 1450 g/mol. The van der Waals surface area contributed by atoms with Crippen molar-refractivity contribution in [1.82, 2.24) is 55.3 Å². The number of aliphatic hydroxyl groups is 5. The van der Waals surface area contributed by atoms with Crippen molar-refractivity contribution in [2.75, 3.05) is 44.4 Å². The molecule has 14 atom stereocenters. The van der Waals surface area contributed by atoms with Crippen LogP contribution in [0.1, 0.15) is 59.1 Å². The fraction of sp³-hybridized carbons (Fsp3) is 0.540. The van der Waals surface area contributed by atoms with Gasteiger partial charge in [-0.2, -0.15) is 4.31 Å². The number of imidazole rings is 1. The van der Waals surface area contributed by atoms with E-state index in [0.717, 1.165) is 48.6 Å². The number of aliphatic hydroxyl groups excluding tert-OH is 5. The molecule has 45 nitrogen and oxygen atoms in total. The van der Waals surface area contributed by atoms with Gasteiger partial charge >= 0.3 is 48.9 Å². The summed E-state index contributed by atoms with van der Waals surface area (Å²) in [6.45, 7) is -1.89. The minimum Gasteiger partial charge on any atom is -0.481 e. The maximum Gasteiger partial charge on any atom is 0.481 e. The number of carboxylic acids is 2. The van der Waals surface area contributed by atoms with E-state index in [9.17, 15) is 121 Å². The first-order valence-electron chi connectivity index (χ1n) is 29.1. The van der Waals surface area contributed by atoms with Crippen LogP contribution in [0.25, 0.3) is 33.5 Å². The molecule has 100 heavy (non-hydrogen) atoms. The van der Waals surface area contributed by atoms with E-state index in [1.807, 2.05) is 4.98 Å². The van der Waals surface area contributed by atoms with Crippen LogP contribution in [0.2, 0.25) is 0 Å². The summed E-state index contributed by atoms with van der Waals surface area (Å²) in [5.41, 5.74) is 1.73. The molecule has 3 aromatic rings. The molecule has 0 aromatic carbocycles. The first kappa shape index (κ1) is 81.8. The highest BCUT2D eigenvalue weighted by Crippen LogP contribution is 2.61. The van der Waals surface area contributed by atoms with Crippen LogP contribution < -0.4 is 43.7 Å². The second-order valence-electron chi connectivity index (χ2n) is 22.5. The second kappa shape index (κ2) is 34.6. The number of nitrogen functional groups attached to an aromatic ring is 1. The molecular formula is C50H70N12O33P4S. The highest BCUT2D eigenvalue weighted by Gasteiger charge is 2.51. The number of carbonyl (C=O) groups excluding carboxylic acids is 5. The van der Waals surface area contributed by atoms with Crippen LogP contribution in [-0.2, 0) is 90.0 Å². The quantitative estimate of drug-likeness (QED) is 0.0100. The van der Waals surface area contributed by atoms with E-state index < -0.39 is 226 Å². The van der Waals surface area contributed by atoms with Crippen LogP contribution in [0.5, 0.6) is 0 Å². The smallest absolute Gasteiger partial charge is 0.481 e. The Morgan fingerprint density at radius 2 is 1.48 bits per heavy atom. The number of phosphoric ester groups is 4. The Kier molecular flexibility index (Phi) is 28.3. The van der Waals surface area contributed by atoms with Gasteiger partial charge in [-0.3, -0.25) is 75.5 Å². The number of amides is 4. The van der Waals surface area contributed by atoms with E-state index in [1.54, 1.807) is 0 Å². The molecule has 0 spiro atoms. The summed E-state index contributed by atoms with van der Waals surface area (Å²) in [7, 11) is -22.3. The van der Waals surface area contributed by atoms with E-state index >= 15 is 0 Å². The number of carbonyl (C=O) groups is 7. The number of phosphoric acid groups is 4. The molecule has 1 aliphatic carbocycles. The van der Waals surface area contributed by atoms with Gasteiger partial charge in [0.15, 0.2) is 23.1 Å². The lowest BCUT2D eigenvalue weighted by molar-refractivity contribution is -0.143. The van der Waals surface area contributed by atoms with Gasteiger partial charge in [0, 0.05) is 49.6 Å². The summed E-state index contributed by atoms with van der Waals surface area (Å²) < 4.78 is 86.4. The van der Waals surface area contributed by atoms with Gasteiger partial charge in [0.2, 0.25) is 28.7 Å². The Balaban J connectivity index is 0.962. The number of H-pyrrole nitrogens is 2. The van der Waals surface area contributed by atoms with Crippen molar-refractivity contribution in [2.45, 2.75) is 127 Å². The molecule has 1 fully saturated rings. The van der Waals surface area contributed by atoms with Crippen molar-refractivity contribution in [2.24, 2.45) is 5.41 Å². The van der Waals surface area contributed by atoms with Crippen molar-refractivity contribution in [3.63, 3.8) is 0 Å². The molecule has 0 saturated carbocycles. The van der Waals surface area contributed by atoms with Crippen molar-refractivity contribution >= 4 is 112 Å². The van der Waals surface area contributed by atoms with Crippen molar-refractivity contribution in [1.29, 1.82) is 0 Å². The molecule has 554 valence electrons. The summed E-state index contributed by atoms with van der Waals surface area (Å²) in [4.78, 5) is 192. The summed E-state index contributed by atoms with van der Waals surface area (Å²) in [5.74, 6) is -7.67. The number of ether oxygens (including phenoxy) is 1. The molecule has 0 bridgehead atoms. The van der Waals surface area contributed by atoms with E-state index in [4.69, 9.17) is 33.7 Å². The van der Waals surface area contributed by atoms with E-state index in [2.05, 4.69) is 50.0 Å². The lowest BCUT2D eigenvalue weighted by Crippen LogP contribution is -2.46. The maximum absolute atomic E-state index is 13.6. The van der Waals surface area contributed by atoms with Gasteiger partial charge < -0.3 is 96.5 Å². The lowest BCUT2D eigenvalue weighted by Gasteiger charge is -2.30. The van der Waals surface area contributed by atoms with Gasteiger partial charge in [0.25, 0.3) is 5.56 Å². The predicted octanol–water partition coefficient (Wildman–Crippen LogP) is -4.53. The number of fused-ring (bicyclic) bond motifs is 3. The number of benzene rings is 1. The van der Waals surface area contributed by atoms with Gasteiger partial charge in [-0.15, -0.1) is 0 Å². The molecule has 1 saturated heterocycles. The number of thioether (sulfide) groups is 1. The fourth-order valence-corrected chi connectivity index (χ4v) is 13.8. The van der Waals surface area contributed by atoms with Crippen LogP contribution in [0.15, 0.2) is 51.3 Å². The number of pyridine rings is 1. The maximum atomic E-state index is 13.6. The molecule has 4 amide bonds. The summed E-state index contributed by atoms with van der Waals surface area (Å²) in [6, 6.07) is 1.54. The average molecular weight is 1520 g/mol. The molecule has 14 unspecified atom stereocenters. The van der Waals surface area contributed by atoms with Crippen LogP contribution in [0.4, 0.5) is 5.82 Å². The summed E-state index contributed by atoms with van der Waals surface area (Å²) in [5, 5.41) is 80.7. The summed E-state index contributed by atoms with van der Waals surface area (Å²) >= 11 is 0.453. The number of hydrogen-bond acceptors (Lipinski definition) is 31. The van der Waals surface area contributed by atoms with Crippen LogP contribution in [-0.4, -0.2) is 235 Å². The molecule has 3 aliphatic rings. The standard InChI is InChI=1S/C50H70N12O33P4S/c1-22(93-97(83,84)89-17-30(65)36(70)29(64)16-61-28-15-24(63)5-4-23(28)14-25-41(61)59-49(79)60-44(25)74)43(73)58-27(6-8-33(67)57-26(47(76)77)7-9-34(68)69)48(78)100-13-12-52-32(66)10-11-53-45(75)39(72)50(2,3)19-91-99(87,88)95-98(85,86)90-18-31-38(94-96(80,81)82)37(71)46(92-31)62-21-56-35-40(51)54-20-55-42(35)62/h4-5,14-15,20-22,26-27,29-31,36-39,46,64-65,70-72H,6-13,16-19H2,1-3H3,(H,52,66)(H,53,75)(H,57,67)(H,58,73)(H,68,69)(H,76,77)(H,83,84)(H,85,86)(H,87,88)(H2,51,54,55)(H2,80,81,82)(H2,59,60,74,79). The third-order valence-corrected chi connectivity index (χ3v) is 19.5. The Morgan fingerprint density at radius 3 is 2.15 bits per heavy atom. The normalized spacial score (nSPS) is 19.8. The highest BCUT2D eigenvalue weighted by molar-refractivity contribution is 8.13. The van der Waals surface area contributed by atoms with E-state index in [-0.39, 0.29) is 51.6 Å². The number of aromatic amines is 2. The monoisotopic (exact) mass is 1520 g/mol. The number of aromatic nitrogens is 7. The largest absolute Gasteiger partial charge is 0.481 e. The van der Waals surface area contributed by atoms with Crippen molar-refractivity contribution in [3.8, 4) is 11.3 Å². The van der Waals surface area contributed by atoms with Crippen LogP contribution >= 0.6 is 43.1 Å². The molecule has 5 heterocycles. The van der Waals surface area contributed by atoms with Gasteiger partial charge in [-0.1, -0.05) is 25.6 Å². The number of carboxylic acid groups (broad SMARTS) is 2. The SMILES string of the molecule is CC(OP(=O)(O)OCC(O)C(O)C(O)Cn1c2cc(=O)ccc-2cc2c(=O)[nH]c(=O)[nH]c21)C(=O)NC(CCC(=O)NC(CCC(=O)O)C(=O)O)C(=O)SCCNC(=O)CCNC(=O)C(O)C(C)(C)COP(=O)(O)OP(=O)(O)OCC1OC(n2cnc3c(N)ncnc32)C(O)C1OP(=O)(O)O. The molecule has 0 radical (unpaired) electrons. The third-order valence-electron chi connectivity index (χ3n) is 14.3. The van der Waals surface area contributed by atoms with Crippen LogP contribution in [0, 0.1) is 5.41 Å². The van der Waals surface area contributed by atoms with Gasteiger partial charge in [0.05, 0.1) is 49.8 Å². The number of anilines is 1. The highest BCUT2D eigenvalue weighted by atomic mass is 32.2. The zero-order valence-electron chi connectivity index (χ0n) is 52.3. The number of nitrogens with one attached hydrogen (secondary N) is 6. The minimum absolute atomic E-state index is 0.0236. The van der Waals surface area contributed by atoms with E-state index in [0.29, 0.717) is 11.8 Å². The number of nitrogens with two attached hydrogens (primary N) is 1. The number of hydrogen-bond donors (Lipinski definition) is 19. The van der Waals surface area contributed by atoms with Crippen LogP contribution in [0.3, 0.4) is 0 Å². The third kappa shape index (κ3) is 23.4. The van der Waals surface area contributed by atoms with E-state index in [1.165, 1.54) is 18.2 Å². The van der Waals surface area contributed by atoms with Gasteiger partial charge in [-0.25, -0.2) is 42.8 Å². The van der Waals surface area contributed by atoms with Gasteiger partial charge in [-0.05, 0) is 43.5 Å². The molecule has 3 aromatic heterocycles. The Morgan fingerprint density at radius 1 is 0.800 bits per heavy atom. The molecule has 50 heteroatoms. The first-order chi connectivity index (χ1) is 46.5. The Labute approximate surface area is 564 Å². The Hall–Kier alpha value is -7.20. The second-order valence-corrected chi connectivity index (χ2v) is 29.3. The minimum atomic E-state index is -5.73. The van der Waals surface area contributed by atoms with Crippen molar-refractivity contribution in [3.05, 3.63) is 68.0 Å². The molecule has 20 N–H and O–H groups in total. The fourth-order valence-electron chi connectivity index (χ4n) is 9.26. The zero-order chi connectivity index (χ0) is 74.6. The molecule has 2 aliphatic heterocycles.